The summed E-state index contributed by atoms with van der Waals surface area (Å²) in [6, 6.07) is 12.5. The molecule has 3 rings (SSSR count). The van der Waals surface area contributed by atoms with E-state index < -0.39 is 43.3 Å². The molecule has 5 unspecified atom stereocenters. The van der Waals surface area contributed by atoms with Gasteiger partial charge in [-0.15, -0.1) is 0 Å². The highest BCUT2D eigenvalue weighted by molar-refractivity contribution is 5.92. The average molecular weight is 406 g/mol. The van der Waals surface area contributed by atoms with Gasteiger partial charge in [-0.3, -0.25) is 0 Å². The molecule has 29 heavy (non-hydrogen) atoms. The first-order valence-electron chi connectivity index (χ1n) is 8.92. The Bertz CT molecular complexity index is 838. The van der Waals surface area contributed by atoms with Crippen molar-refractivity contribution in [3.63, 3.8) is 0 Å². The summed E-state index contributed by atoms with van der Waals surface area (Å²) in [6.45, 7) is -0.772. The average Bonchev–Trinajstić information content (AvgIpc) is 2.73. The third-order valence-corrected chi connectivity index (χ3v) is 4.55. The van der Waals surface area contributed by atoms with Crippen molar-refractivity contribution in [1.82, 2.24) is 0 Å². The van der Waals surface area contributed by atoms with Gasteiger partial charge in [-0.25, -0.2) is 4.79 Å². The molecule has 0 bridgehead atoms. The summed E-state index contributed by atoms with van der Waals surface area (Å²) < 4.78 is 16.2. The molecule has 156 valence electrons. The molecule has 1 fully saturated rings. The van der Waals surface area contributed by atoms with E-state index in [1.54, 1.807) is 36.4 Å². The van der Waals surface area contributed by atoms with Crippen LogP contribution in [0.4, 0.5) is 0 Å². The van der Waals surface area contributed by atoms with Gasteiger partial charge in [-0.1, -0.05) is 30.3 Å². The fourth-order valence-corrected chi connectivity index (χ4v) is 2.90. The van der Waals surface area contributed by atoms with E-state index >= 15 is 0 Å². The number of phenolic OH excluding ortho intramolecular Hbond substituents is 1. The van der Waals surface area contributed by atoms with Crippen LogP contribution < -0.4 is 4.74 Å². The van der Waals surface area contributed by atoms with Gasteiger partial charge in [0, 0.05) is 5.56 Å². The fraction of sp³-hybridized carbons (Fsp3) is 0.350. The highest BCUT2D eigenvalue weighted by Crippen LogP contribution is 2.27. The number of aliphatic hydroxyl groups excluding tert-OH is 4. The molecular formula is C20H22O9. The number of ether oxygens (including phenoxy) is 3. The molecule has 0 aliphatic carbocycles. The summed E-state index contributed by atoms with van der Waals surface area (Å²) >= 11 is 0. The van der Waals surface area contributed by atoms with E-state index in [0.717, 1.165) is 0 Å². The van der Waals surface area contributed by atoms with Crippen LogP contribution in [0, 0.1) is 0 Å². The number of rotatable bonds is 6. The van der Waals surface area contributed by atoms with Crippen LogP contribution in [-0.2, 0) is 16.1 Å². The minimum atomic E-state index is -1.57. The van der Waals surface area contributed by atoms with E-state index in [2.05, 4.69) is 0 Å². The van der Waals surface area contributed by atoms with Crippen molar-refractivity contribution in [3.8, 4) is 11.5 Å². The second-order valence-corrected chi connectivity index (χ2v) is 6.52. The zero-order valence-electron chi connectivity index (χ0n) is 15.3. The number of carbonyl (C=O) groups excluding carboxylic acids is 1. The minimum absolute atomic E-state index is 0.0137. The van der Waals surface area contributed by atoms with Gasteiger partial charge in [0.2, 0.25) is 6.29 Å². The Hall–Kier alpha value is -2.69. The van der Waals surface area contributed by atoms with E-state index in [4.69, 9.17) is 14.2 Å². The molecule has 1 saturated heterocycles. The number of hydrogen-bond donors (Lipinski definition) is 5. The summed E-state index contributed by atoms with van der Waals surface area (Å²) in [6.07, 6.45) is -7.10. The Morgan fingerprint density at radius 1 is 0.966 bits per heavy atom. The van der Waals surface area contributed by atoms with Crippen molar-refractivity contribution in [2.45, 2.75) is 37.3 Å². The van der Waals surface area contributed by atoms with Crippen molar-refractivity contribution < 1.29 is 44.5 Å². The third-order valence-electron chi connectivity index (χ3n) is 4.55. The lowest BCUT2D eigenvalue weighted by Gasteiger charge is -2.39. The summed E-state index contributed by atoms with van der Waals surface area (Å²) in [5.41, 5.74) is 0.452. The minimum Gasteiger partial charge on any atom is -0.507 e. The molecule has 0 radical (unpaired) electrons. The first-order valence-corrected chi connectivity index (χ1v) is 8.92. The van der Waals surface area contributed by atoms with Crippen molar-refractivity contribution in [2.75, 3.05) is 6.61 Å². The Morgan fingerprint density at radius 2 is 1.66 bits per heavy atom. The van der Waals surface area contributed by atoms with Gasteiger partial charge in [0.25, 0.3) is 0 Å². The number of benzene rings is 2. The molecule has 5 atom stereocenters. The molecule has 1 aliphatic rings. The van der Waals surface area contributed by atoms with Crippen LogP contribution in [0.25, 0.3) is 0 Å². The lowest BCUT2D eigenvalue weighted by atomic mass is 9.99. The maximum Gasteiger partial charge on any atom is 0.342 e. The number of phenols is 1. The second-order valence-electron chi connectivity index (χ2n) is 6.52. The third kappa shape index (κ3) is 4.66. The van der Waals surface area contributed by atoms with Crippen LogP contribution in [0.5, 0.6) is 11.5 Å². The van der Waals surface area contributed by atoms with Gasteiger partial charge >= 0.3 is 5.97 Å². The number of para-hydroxylation sites is 2. The van der Waals surface area contributed by atoms with Gasteiger partial charge in [0.1, 0.15) is 48.1 Å². The van der Waals surface area contributed by atoms with E-state index in [1.165, 1.54) is 12.1 Å². The normalized spacial score (nSPS) is 26.7. The standard InChI is InChI=1S/C20H22O9/c21-9-15-16(23)17(24)18(25)20(29-15)28-14-8-4-1-5-11(14)10-27-19(26)12-6-2-3-7-13(12)22/h1-8,15-18,20-25H,9-10H2. The van der Waals surface area contributed by atoms with Crippen molar-refractivity contribution in [1.29, 1.82) is 0 Å². The van der Waals surface area contributed by atoms with Crippen LogP contribution in [0.3, 0.4) is 0 Å². The largest absolute Gasteiger partial charge is 0.507 e. The molecule has 5 N–H and O–H groups in total. The number of carbonyl (C=O) groups is 1. The maximum atomic E-state index is 12.2. The molecule has 0 saturated carbocycles. The molecule has 0 spiro atoms. The fourth-order valence-electron chi connectivity index (χ4n) is 2.90. The van der Waals surface area contributed by atoms with E-state index in [9.17, 15) is 30.3 Å². The summed E-state index contributed by atoms with van der Waals surface area (Å²) in [4.78, 5) is 12.2. The Morgan fingerprint density at radius 3 is 2.38 bits per heavy atom. The number of hydrogen-bond acceptors (Lipinski definition) is 9. The summed E-state index contributed by atoms with van der Waals surface area (Å²) in [5.74, 6) is -0.726. The highest BCUT2D eigenvalue weighted by Gasteiger charge is 2.44. The Kier molecular flexibility index (Phi) is 6.68. The number of aliphatic hydroxyl groups is 4. The van der Waals surface area contributed by atoms with Crippen molar-refractivity contribution >= 4 is 5.97 Å². The lowest BCUT2D eigenvalue weighted by Crippen LogP contribution is -2.60. The van der Waals surface area contributed by atoms with Gasteiger partial charge in [0.15, 0.2) is 0 Å². The van der Waals surface area contributed by atoms with Crippen LogP contribution in [0.1, 0.15) is 15.9 Å². The number of esters is 1. The molecular weight excluding hydrogens is 384 g/mol. The predicted molar refractivity (Wildman–Crippen MR) is 98.1 cm³/mol. The van der Waals surface area contributed by atoms with Gasteiger partial charge in [-0.2, -0.15) is 0 Å². The zero-order valence-corrected chi connectivity index (χ0v) is 15.3. The van der Waals surface area contributed by atoms with E-state index in [0.29, 0.717) is 5.56 Å². The Balaban J connectivity index is 1.70. The van der Waals surface area contributed by atoms with Gasteiger partial charge in [-0.05, 0) is 18.2 Å². The predicted octanol–water partition coefficient (Wildman–Crippen LogP) is -0.0721. The molecule has 2 aromatic carbocycles. The second kappa shape index (κ2) is 9.21. The molecule has 1 aliphatic heterocycles. The topological polar surface area (TPSA) is 146 Å². The van der Waals surface area contributed by atoms with Crippen molar-refractivity contribution in [2.24, 2.45) is 0 Å². The molecule has 0 amide bonds. The van der Waals surface area contributed by atoms with E-state index in [1.807, 2.05) is 0 Å². The van der Waals surface area contributed by atoms with E-state index in [-0.39, 0.29) is 23.7 Å². The Labute approximate surface area is 166 Å². The first kappa shape index (κ1) is 21.0. The maximum absolute atomic E-state index is 12.2. The summed E-state index contributed by atoms with van der Waals surface area (Å²) in [5, 5.41) is 48.8. The first-order chi connectivity index (χ1) is 13.9. The van der Waals surface area contributed by atoms with Crippen LogP contribution in [0.2, 0.25) is 0 Å². The van der Waals surface area contributed by atoms with Crippen LogP contribution in [-0.4, -0.2) is 68.8 Å². The SMILES string of the molecule is O=C(OCc1ccccc1OC1OC(CO)C(O)C(O)C1O)c1ccccc1O. The van der Waals surface area contributed by atoms with Crippen molar-refractivity contribution in [3.05, 3.63) is 59.7 Å². The zero-order chi connectivity index (χ0) is 21.0. The quantitative estimate of drug-likeness (QED) is 0.416. The smallest absolute Gasteiger partial charge is 0.342 e. The molecule has 1 heterocycles. The molecule has 9 heteroatoms. The monoisotopic (exact) mass is 406 g/mol. The van der Waals surface area contributed by atoms with Crippen LogP contribution >= 0.6 is 0 Å². The lowest BCUT2D eigenvalue weighted by molar-refractivity contribution is -0.277. The molecule has 2 aromatic rings. The molecule has 9 nitrogen and oxygen atoms in total. The van der Waals surface area contributed by atoms with Crippen LogP contribution in [0.15, 0.2) is 48.5 Å². The number of aromatic hydroxyl groups is 1. The highest BCUT2D eigenvalue weighted by atomic mass is 16.7. The van der Waals surface area contributed by atoms with Gasteiger partial charge < -0.3 is 39.7 Å². The molecule has 0 aromatic heterocycles. The van der Waals surface area contributed by atoms with Gasteiger partial charge in [0.05, 0.1) is 6.61 Å². The summed E-state index contributed by atoms with van der Waals surface area (Å²) in [7, 11) is 0.